The Balaban J connectivity index is 1.51. The van der Waals surface area contributed by atoms with Gasteiger partial charge < -0.3 is 9.47 Å². The molecule has 3 aromatic rings. The van der Waals surface area contributed by atoms with E-state index in [0.717, 1.165) is 58.8 Å². The molecule has 1 saturated heterocycles. The van der Waals surface area contributed by atoms with Crippen LogP contribution in [0.1, 0.15) is 5.56 Å². The predicted octanol–water partition coefficient (Wildman–Crippen LogP) is 4.07. The van der Waals surface area contributed by atoms with Crippen LogP contribution in [0.2, 0.25) is 0 Å². The third-order valence-corrected chi connectivity index (χ3v) is 7.28. The molecule has 0 N–H and O–H groups in total. The summed E-state index contributed by atoms with van der Waals surface area (Å²) in [5.41, 5.74) is 2.10. The van der Waals surface area contributed by atoms with E-state index in [0.29, 0.717) is 12.3 Å². The number of hydrogen-bond acceptors (Lipinski definition) is 7. The lowest BCUT2D eigenvalue weighted by Gasteiger charge is -2.29. The fourth-order valence-corrected chi connectivity index (χ4v) is 5.20. The standard InChI is InChI=1S/C23H27N3O3S2/c1-17-3-6-19(7-4-17)30-16-22(27)26(10-9-25-11-13-29-14-12-25)23-24-20-8-5-18(28-2)15-21(20)31-23/h3-8,15H,9-14,16H2,1-2H3. The van der Waals surface area contributed by atoms with Crippen LogP contribution in [-0.4, -0.2) is 68.0 Å². The number of thioether (sulfide) groups is 1. The Morgan fingerprint density at radius 2 is 2.00 bits per heavy atom. The molecule has 164 valence electrons. The van der Waals surface area contributed by atoms with Crippen LogP contribution in [0.15, 0.2) is 47.4 Å². The predicted molar refractivity (Wildman–Crippen MR) is 128 cm³/mol. The number of hydrogen-bond donors (Lipinski definition) is 0. The smallest absolute Gasteiger partial charge is 0.239 e. The van der Waals surface area contributed by atoms with Crippen LogP contribution in [0, 0.1) is 6.92 Å². The van der Waals surface area contributed by atoms with Crippen molar-refractivity contribution in [2.24, 2.45) is 0 Å². The Hall–Kier alpha value is -2.13. The maximum atomic E-state index is 13.3. The number of morpholine rings is 1. The third kappa shape index (κ3) is 5.77. The molecule has 1 aliphatic heterocycles. The van der Waals surface area contributed by atoms with Gasteiger partial charge in [0.25, 0.3) is 0 Å². The SMILES string of the molecule is COc1ccc2nc(N(CCN3CCOCC3)C(=O)CSc3ccc(C)cc3)sc2c1. The van der Waals surface area contributed by atoms with E-state index in [2.05, 4.69) is 36.1 Å². The zero-order chi connectivity index (χ0) is 21.6. The number of methoxy groups -OCH3 is 1. The molecule has 2 heterocycles. The van der Waals surface area contributed by atoms with Gasteiger partial charge in [-0.15, -0.1) is 11.8 Å². The molecular formula is C23H27N3O3S2. The highest BCUT2D eigenvalue weighted by Gasteiger charge is 2.22. The van der Waals surface area contributed by atoms with E-state index < -0.39 is 0 Å². The van der Waals surface area contributed by atoms with Gasteiger partial charge in [-0.1, -0.05) is 29.0 Å². The van der Waals surface area contributed by atoms with E-state index in [1.807, 2.05) is 23.1 Å². The number of ether oxygens (including phenoxy) is 2. The Morgan fingerprint density at radius 3 is 2.74 bits per heavy atom. The zero-order valence-electron chi connectivity index (χ0n) is 17.9. The summed E-state index contributed by atoms with van der Waals surface area (Å²) in [6.07, 6.45) is 0. The van der Waals surface area contributed by atoms with Crippen LogP contribution in [0.5, 0.6) is 5.75 Å². The topological polar surface area (TPSA) is 54.9 Å². The van der Waals surface area contributed by atoms with E-state index in [1.54, 1.807) is 18.9 Å². The minimum Gasteiger partial charge on any atom is -0.497 e. The molecule has 6 nitrogen and oxygen atoms in total. The summed E-state index contributed by atoms with van der Waals surface area (Å²) >= 11 is 3.10. The maximum Gasteiger partial charge on any atom is 0.239 e. The summed E-state index contributed by atoms with van der Waals surface area (Å²) in [5.74, 6) is 1.25. The van der Waals surface area contributed by atoms with Crippen LogP contribution in [0.3, 0.4) is 0 Å². The molecule has 31 heavy (non-hydrogen) atoms. The highest BCUT2D eigenvalue weighted by atomic mass is 32.2. The molecule has 1 aliphatic rings. The first-order valence-electron chi connectivity index (χ1n) is 10.4. The zero-order valence-corrected chi connectivity index (χ0v) is 19.5. The summed E-state index contributed by atoms with van der Waals surface area (Å²) in [7, 11) is 1.66. The van der Waals surface area contributed by atoms with Gasteiger partial charge in [-0.2, -0.15) is 0 Å². The molecule has 0 unspecified atom stereocenters. The number of benzene rings is 2. The molecule has 8 heteroatoms. The lowest BCUT2D eigenvalue weighted by atomic mass is 10.2. The Morgan fingerprint density at radius 1 is 1.23 bits per heavy atom. The molecule has 0 saturated carbocycles. The van der Waals surface area contributed by atoms with Crippen LogP contribution in [0.25, 0.3) is 10.2 Å². The van der Waals surface area contributed by atoms with Crippen molar-refractivity contribution in [3.8, 4) is 5.75 Å². The van der Waals surface area contributed by atoms with Gasteiger partial charge in [0.1, 0.15) is 5.75 Å². The Kier molecular flexibility index (Phi) is 7.45. The van der Waals surface area contributed by atoms with Crippen molar-refractivity contribution in [1.82, 2.24) is 9.88 Å². The summed E-state index contributed by atoms with van der Waals surface area (Å²) in [4.78, 5) is 23.3. The fraction of sp³-hybridized carbons (Fsp3) is 0.391. The van der Waals surface area contributed by atoms with Crippen molar-refractivity contribution in [3.05, 3.63) is 48.0 Å². The highest BCUT2D eigenvalue weighted by Crippen LogP contribution is 2.32. The molecule has 1 aromatic heterocycles. The second-order valence-corrected chi connectivity index (χ2v) is 9.49. The summed E-state index contributed by atoms with van der Waals surface area (Å²) < 4.78 is 11.8. The lowest BCUT2D eigenvalue weighted by Crippen LogP contribution is -2.43. The third-order valence-electron chi connectivity index (χ3n) is 5.24. The second-order valence-electron chi connectivity index (χ2n) is 7.43. The molecule has 0 spiro atoms. The molecule has 0 radical (unpaired) electrons. The van der Waals surface area contributed by atoms with Crippen molar-refractivity contribution >= 4 is 44.4 Å². The molecule has 1 fully saturated rings. The molecular weight excluding hydrogens is 430 g/mol. The van der Waals surface area contributed by atoms with Gasteiger partial charge in [-0.25, -0.2) is 4.98 Å². The van der Waals surface area contributed by atoms with Crippen LogP contribution in [0.4, 0.5) is 5.13 Å². The van der Waals surface area contributed by atoms with Gasteiger partial charge in [0.2, 0.25) is 5.91 Å². The van der Waals surface area contributed by atoms with Crippen LogP contribution >= 0.6 is 23.1 Å². The minimum absolute atomic E-state index is 0.0739. The van der Waals surface area contributed by atoms with Crippen molar-refractivity contribution in [3.63, 3.8) is 0 Å². The number of carbonyl (C=O) groups is 1. The number of amides is 1. The van der Waals surface area contributed by atoms with E-state index in [4.69, 9.17) is 14.5 Å². The van der Waals surface area contributed by atoms with Crippen molar-refractivity contribution in [2.45, 2.75) is 11.8 Å². The van der Waals surface area contributed by atoms with E-state index >= 15 is 0 Å². The first kappa shape index (κ1) is 22.1. The normalized spacial score (nSPS) is 14.6. The van der Waals surface area contributed by atoms with Crippen molar-refractivity contribution in [1.29, 1.82) is 0 Å². The Labute approximate surface area is 191 Å². The number of anilines is 1. The van der Waals surface area contributed by atoms with Gasteiger partial charge in [-0.3, -0.25) is 14.6 Å². The molecule has 4 rings (SSSR count). The average Bonchev–Trinajstić information content (AvgIpc) is 3.22. The number of rotatable bonds is 8. The molecule has 0 aliphatic carbocycles. The first-order chi connectivity index (χ1) is 15.1. The molecule has 0 bridgehead atoms. The van der Waals surface area contributed by atoms with E-state index in [9.17, 15) is 4.79 Å². The molecule has 2 aromatic carbocycles. The van der Waals surface area contributed by atoms with E-state index in [1.165, 1.54) is 16.9 Å². The van der Waals surface area contributed by atoms with Crippen LogP contribution < -0.4 is 9.64 Å². The minimum atomic E-state index is 0.0739. The van der Waals surface area contributed by atoms with E-state index in [-0.39, 0.29) is 5.91 Å². The van der Waals surface area contributed by atoms with Gasteiger partial charge in [0.05, 0.1) is 36.3 Å². The molecule has 0 atom stereocenters. The summed E-state index contributed by atoms with van der Waals surface area (Å²) in [6.45, 7) is 6.79. The average molecular weight is 458 g/mol. The fourth-order valence-electron chi connectivity index (χ4n) is 3.39. The van der Waals surface area contributed by atoms with Gasteiger partial charge in [-0.05, 0) is 37.3 Å². The number of nitrogens with zero attached hydrogens (tertiary/aromatic N) is 3. The highest BCUT2D eigenvalue weighted by molar-refractivity contribution is 8.00. The van der Waals surface area contributed by atoms with Crippen molar-refractivity contribution in [2.75, 3.05) is 57.2 Å². The Bertz CT molecular complexity index is 1020. The van der Waals surface area contributed by atoms with Gasteiger partial charge >= 0.3 is 0 Å². The number of carbonyl (C=O) groups excluding carboxylic acids is 1. The maximum absolute atomic E-state index is 13.3. The van der Waals surface area contributed by atoms with Crippen molar-refractivity contribution < 1.29 is 14.3 Å². The number of aryl methyl sites for hydroxylation is 1. The van der Waals surface area contributed by atoms with Crippen LogP contribution in [-0.2, 0) is 9.53 Å². The number of thiazole rings is 1. The summed E-state index contributed by atoms with van der Waals surface area (Å²) in [6, 6.07) is 14.1. The molecule has 1 amide bonds. The number of aromatic nitrogens is 1. The quantitative estimate of drug-likeness (QED) is 0.475. The van der Waals surface area contributed by atoms with Gasteiger partial charge in [0, 0.05) is 31.1 Å². The van der Waals surface area contributed by atoms with Gasteiger partial charge in [0.15, 0.2) is 5.13 Å². The monoisotopic (exact) mass is 457 g/mol. The second kappa shape index (κ2) is 10.5. The largest absolute Gasteiger partial charge is 0.497 e. The first-order valence-corrected chi connectivity index (χ1v) is 12.2. The number of fused-ring (bicyclic) bond motifs is 1. The summed E-state index contributed by atoms with van der Waals surface area (Å²) in [5, 5.41) is 0.742. The lowest BCUT2D eigenvalue weighted by molar-refractivity contribution is -0.116.